The number of carbonyl (C=O) groups is 1. The average Bonchev–Trinajstić information content (AvgIpc) is 3.03. The number of anilines is 1. The van der Waals surface area contributed by atoms with Gasteiger partial charge in [-0.15, -0.1) is 17.5 Å². The summed E-state index contributed by atoms with van der Waals surface area (Å²) in [6.45, 7) is 1.66. The molecule has 21 heavy (non-hydrogen) atoms. The van der Waals surface area contributed by atoms with Gasteiger partial charge in [-0.05, 0) is 48.4 Å². The molecule has 1 fully saturated rings. The predicted octanol–water partition coefficient (Wildman–Crippen LogP) is 0.961. The third kappa shape index (κ3) is 2.86. The van der Waals surface area contributed by atoms with Gasteiger partial charge in [0.1, 0.15) is 11.5 Å². The molecule has 112 valence electrons. The fourth-order valence-corrected chi connectivity index (χ4v) is 1.82. The molecule has 1 saturated carbocycles. The van der Waals surface area contributed by atoms with E-state index in [2.05, 4.69) is 20.8 Å². The summed E-state index contributed by atoms with van der Waals surface area (Å²) in [5.74, 6) is -0.291. The molecule has 1 heterocycles. The first-order valence-electron chi connectivity index (χ1n) is 6.15. The van der Waals surface area contributed by atoms with E-state index in [1.165, 1.54) is 22.9 Å². The molecule has 3 rings (SSSR count). The summed E-state index contributed by atoms with van der Waals surface area (Å²) >= 11 is 0. The molecule has 0 spiro atoms. The first-order chi connectivity index (χ1) is 9.49. The Labute approximate surface area is 126 Å². The third-order valence-corrected chi connectivity index (χ3v) is 3.30. The van der Waals surface area contributed by atoms with Gasteiger partial charge in [0.2, 0.25) is 5.91 Å². The molecule has 2 aromatic rings. The van der Waals surface area contributed by atoms with Gasteiger partial charge in [0.15, 0.2) is 5.82 Å². The maximum absolute atomic E-state index is 13.8. The van der Waals surface area contributed by atoms with Crippen molar-refractivity contribution in [2.45, 2.75) is 25.3 Å². The van der Waals surface area contributed by atoms with Crippen molar-refractivity contribution in [3.05, 3.63) is 29.8 Å². The van der Waals surface area contributed by atoms with E-state index in [0.29, 0.717) is 24.4 Å². The number of halogens is 2. The maximum Gasteiger partial charge on any atom is 0.244 e. The number of amides is 1. The van der Waals surface area contributed by atoms with Crippen LogP contribution >= 0.6 is 12.4 Å². The van der Waals surface area contributed by atoms with Crippen molar-refractivity contribution in [3.63, 3.8) is 0 Å². The van der Waals surface area contributed by atoms with Crippen LogP contribution in [0.4, 0.5) is 10.1 Å². The summed E-state index contributed by atoms with van der Waals surface area (Å²) < 4.78 is 15.1. The number of nitrogens with two attached hydrogens (primary N) is 1. The lowest BCUT2D eigenvalue weighted by Crippen LogP contribution is -2.37. The van der Waals surface area contributed by atoms with Crippen molar-refractivity contribution in [2.24, 2.45) is 5.73 Å². The Kier molecular flexibility index (Phi) is 3.93. The Balaban J connectivity index is 0.00000161. The molecule has 0 saturated heterocycles. The number of carbonyl (C=O) groups excluding carboxylic acids is 1. The van der Waals surface area contributed by atoms with Crippen molar-refractivity contribution in [1.82, 2.24) is 20.2 Å². The van der Waals surface area contributed by atoms with Gasteiger partial charge in [0, 0.05) is 5.69 Å². The lowest BCUT2D eigenvalue weighted by molar-refractivity contribution is -0.118. The van der Waals surface area contributed by atoms with Crippen LogP contribution in [-0.4, -0.2) is 31.7 Å². The Bertz CT molecular complexity index is 684. The van der Waals surface area contributed by atoms with Crippen LogP contribution in [0.2, 0.25) is 0 Å². The standard InChI is InChI=1S/C12H13FN6O.ClH/c1-7-16-17-18-19(7)10-6-8(2-3-9(10)13)15-11(20)12(14)4-5-12;/h2-3,6H,4-5,14H2,1H3,(H,15,20);1H. The number of benzene rings is 1. The van der Waals surface area contributed by atoms with Crippen LogP contribution in [0.5, 0.6) is 0 Å². The minimum Gasteiger partial charge on any atom is -0.324 e. The van der Waals surface area contributed by atoms with Gasteiger partial charge in [0.25, 0.3) is 0 Å². The Morgan fingerprint density at radius 3 is 2.76 bits per heavy atom. The van der Waals surface area contributed by atoms with Crippen LogP contribution in [-0.2, 0) is 4.79 Å². The number of tetrazole rings is 1. The number of hydrogen-bond acceptors (Lipinski definition) is 5. The molecule has 3 N–H and O–H groups in total. The van der Waals surface area contributed by atoms with Crippen LogP contribution in [0.1, 0.15) is 18.7 Å². The molecule has 1 aromatic carbocycles. The number of aryl methyl sites for hydroxylation is 1. The fourth-order valence-electron chi connectivity index (χ4n) is 1.82. The lowest BCUT2D eigenvalue weighted by atomic mass is 10.2. The average molecular weight is 313 g/mol. The minimum absolute atomic E-state index is 0. The molecule has 0 aliphatic heterocycles. The summed E-state index contributed by atoms with van der Waals surface area (Å²) in [5, 5.41) is 13.6. The summed E-state index contributed by atoms with van der Waals surface area (Å²) in [5.41, 5.74) is 5.65. The highest BCUT2D eigenvalue weighted by Gasteiger charge is 2.45. The van der Waals surface area contributed by atoms with Crippen LogP contribution in [0.3, 0.4) is 0 Å². The quantitative estimate of drug-likeness (QED) is 0.879. The van der Waals surface area contributed by atoms with Gasteiger partial charge >= 0.3 is 0 Å². The minimum atomic E-state index is -0.778. The largest absolute Gasteiger partial charge is 0.324 e. The molecule has 1 aliphatic carbocycles. The zero-order valence-corrected chi connectivity index (χ0v) is 12.0. The van der Waals surface area contributed by atoms with Crippen LogP contribution in [0.25, 0.3) is 5.69 Å². The number of nitrogens with zero attached hydrogens (tertiary/aromatic N) is 4. The first kappa shape index (κ1) is 15.3. The maximum atomic E-state index is 13.8. The zero-order chi connectivity index (χ0) is 14.3. The molecule has 0 atom stereocenters. The second-order valence-electron chi connectivity index (χ2n) is 4.91. The van der Waals surface area contributed by atoms with E-state index in [9.17, 15) is 9.18 Å². The molecule has 0 unspecified atom stereocenters. The monoisotopic (exact) mass is 312 g/mol. The summed E-state index contributed by atoms with van der Waals surface area (Å²) in [4.78, 5) is 11.9. The summed E-state index contributed by atoms with van der Waals surface area (Å²) in [7, 11) is 0. The smallest absolute Gasteiger partial charge is 0.244 e. The second-order valence-corrected chi connectivity index (χ2v) is 4.91. The van der Waals surface area contributed by atoms with E-state index in [4.69, 9.17) is 5.73 Å². The van der Waals surface area contributed by atoms with E-state index in [1.54, 1.807) is 6.92 Å². The van der Waals surface area contributed by atoms with Gasteiger partial charge < -0.3 is 11.1 Å². The summed E-state index contributed by atoms with van der Waals surface area (Å²) in [6, 6.07) is 4.20. The highest BCUT2D eigenvalue weighted by molar-refractivity contribution is 6.00. The van der Waals surface area contributed by atoms with Crippen molar-refractivity contribution in [1.29, 1.82) is 0 Å². The van der Waals surface area contributed by atoms with Gasteiger partial charge in [-0.25, -0.2) is 4.39 Å². The topological polar surface area (TPSA) is 98.7 Å². The number of rotatable bonds is 3. The van der Waals surface area contributed by atoms with E-state index >= 15 is 0 Å². The molecule has 0 radical (unpaired) electrons. The molecule has 1 aromatic heterocycles. The predicted molar refractivity (Wildman–Crippen MR) is 75.9 cm³/mol. The third-order valence-electron chi connectivity index (χ3n) is 3.30. The summed E-state index contributed by atoms with van der Waals surface area (Å²) in [6.07, 6.45) is 1.33. The van der Waals surface area contributed by atoms with Crippen LogP contribution < -0.4 is 11.1 Å². The van der Waals surface area contributed by atoms with E-state index in [1.807, 2.05) is 0 Å². The number of hydrogen-bond donors (Lipinski definition) is 2. The second kappa shape index (κ2) is 5.38. The van der Waals surface area contributed by atoms with Crippen molar-refractivity contribution in [3.8, 4) is 5.69 Å². The van der Waals surface area contributed by atoms with E-state index in [-0.39, 0.29) is 24.0 Å². The molecular weight excluding hydrogens is 299 g/mol. The highest BCUT2D eigenvalue weighted by atomic mass is 35.5. The van der Waals surface area contributed by atoms with Crippen LogP contribution in [0.15, 0.2) is 18.2 Å². The number of nitrogens with one attached hydrogen (secondary N) is 1. The van der Waals surface area contributed by atoms with Crippen LogP contribution in [0, 0.1) is 12.7 Å². The van der Waals surface area contributed by atoms with Crippen molar-refractivity contribution >= 4 is 24.0 Å². The van der Waals surface area contributed by atoms with Crippen molar-refractivity contribution < 1.29 is 9.18 Å². The molecular formula is C12H14ClFN6O. The molecule has 7 nitrogen and oxygen atoms in total. The van der Waals surface area contributed by atoms with E-state index in [0.717, 1.165) is 0 Å². The van der Waals surface area contributed by atoms with E-state index < -0.39 is 11.4 Å². The number of aromatic nitrogens is 4. The normalized spacial score (nSPS) is 15.2. The SMILES string of the molecule is Cc1nnnn1-c1cc(NC(=O)C2(N)CC2)ccc1F.Cl. The van der Waals surface area contributed by atoms with Gasteiger partial charge in [-0.1, -0.05) is 0 Å². The van der Waals surface area contributed by atoms with Gasteiger partial charge in [0.05, 0.1) is 5.54 Å². The Morgan fingerprint density at radius 1 is 1.48 bits per heavy atom. The fraction of sp³-hybridized carbons (Fsp3) is 0.333. The Morgan fingerprint density at radius 2 is 2.19 bits per heavy atom. The van der Waals surface area contributed by atoms with Gasteiger partial charge in [-0.2, -0.15) is 4.68 Å². The highest BCUT2D eigenvalue weighted by Crippen LogP contribution is 2.33. The molecule has 9 heteroatoms. The Hall–Kier alpha value is -2.06. The van der Waals surface area contributed by atoms with Gasteiger partial charge in [-0.3, -0.25) is 4.79 Å². The van der Waals surface area contributed by atoms with Crippen molar-refractivity contribution in [2.75, 3.05) is 5.32 Å². The zero-order valence-electron chi connectivity index (χ0n) is 11.2. The molecule has 1 aliphatic rings. The lowest BCUT2D eigenvalue weighted by Gasteiger charge is -2.11. The molecule has 1 amide bonds. The first-order valence-corrected chi connectivity index (χ1v) is 6.15. The molecule has 0 bridgehead atoms.